The van der Waals surface area contributed by atoms with Crippen LogP contribution in [0.5, 0.6) is 0 Å². The lowest BCUT2D eigenvalue weighted by molar-refractivity contribution is -0.0895. The van der Waals surface area contributed by atoms with E-state index in [1.54, 1.807) is 0 Å². The lowest BCUT2D eigenvalue weighted by Gasteiger charge is -2.32. The molecule has 8 aromatic carbocycles. The number of halogens is 2. The molecule has 122 heavy (non-hydrogen) atoms. The van der Waals surface area contributed by atoms with Gasteiger partial charge in [-0.25, -0.2) is 0 Å². The number of hydrogen-bond acceptors (Lipinski definition) is 8. The smallest absolute Gasteiger partial charge is 0.399 e. The number of ether oxygens (including phenoxy) is 2. The van der Waals surface area contributed by atoms with E-state index in [1.807, 2.05) is 24.3 Å². The van der Waals surface area contributed by atoms with Gasteiger partial charge in [0.1, 0.15) is 0 Å². The third-order valence-electron chi connectivity index (χ3n) is 26.1. The van der Waals surface area contributed by atoms with Gasteiger partial charge in [-0.3, -0.25) is 0 Å². The summed E-state index contributed by atoms with van der Waals surface area (Å²) in [5.41, 5.74) is 20.7. The van der Waals surface area contributed by atoms with Crippen LogP contribution in [0.1, 0.15) is 364 Å². The van der Waals surface area contributed by atoms with Crippen LogP contribution in [0.3, 0.4) is 0 Å². The van der Waals surface area contributed by atoms with Gasteiger partial charge in [0.2, 0.25) is 0 Å². The fourth-order valence-corrected chi connectivity index (χ4v) is 17.4. The molecule has 0 radical (unpaired) electrons. The van der Waals surface area contributed by atoms with Crippen molar-refractivity contribution in [2.24, 2.45) is 0 Å². The largest absolute Gasteiger partial charge is 0.494 e. The van der Waals surface area contributed by atoms with E-state index in [4.69, 9.17) is 18.8 Å². The predicted octanol–water partition coefficient (Wildman–Crippen LogP) is 34.8. The van der Waals surface area contributed by atoms with Crippen molar-refractivity contribution in [3.8, 4) is 55.6 Å². The third kappa shape index (κ3) is 33.9. The number of hydrogen-bond donors (Lipinski definition) is 4. The highest BCUT2D eigenvalue weighted by Gasteiger charge is 2.52. The van der Waals surface area contributed by atoms with Crippen LogP contribution in [0.4, 0.5) is 22.7 Å². The predicted molar refractivity (Wildman–Crippen MR) is 541 cm³/mol. The standard InChI is InChI=1S/C74H105N3.C19H29BO4.C18H29Br2N/c1-8-11-14-17-20-23-24-27-30-33-54-75-72-56-67(62-39-36-58(4)37-40-62)49-52-69(72)64-45-47-66(48-46-64)71-53-50-68(57-74(71)77-61(7)35-32-29-26-22-19-16-13-10-3)63-41-43-65(44-42-63)70-51-38-59(5)55-73(70)76-60(6)34-31-28-25-21-18-15-12-9-2;1-16(2)17(3,4)22-15(21-16)13-9-11-14(12-10-13)20-23-18(5,6)19(7,8)24-20;1-3-4-5-6-7-8-9-10-11-15(2)21-18-14-16(19)12-13-17(18)20/h36-53,55-57,60-61,75-77H,8-35,54H2,1-7H3;9-12,15H,1-8H3;12-15,21H,3-11H2,1-2H3. The SMILES string of the molecule is CC1(C)OB(c2ccc(C3OC(C)(C)C(C)(C)O3)cc2)OC1(C)C.CCCCCCCCCCC(C)Nc1cc(Br)ccc1Br.CCCCCCCCCCCCNc1cc(-c2ccc(C)cc2)ccc1-c1ccc(-c2ccc(-c3ccc(-c4ccc(C)cc4NC(C)CCCCCCCCCC)cc3)cc2NC(C)CCCCCCCCCC)cc1. The maximum atomic E-state index is 6.10. The van der Waals surface area contributed by atoms with Gasteiger partial charge in [-0.1, -0.05) is 395 Å². The average Bonchev–Trinajstić information content (AvgIpc) is 1.62. The van der Waals surface area contributed by atoms with Crippen LogP contribution in [-0.4, -0.2) is 54.2 Å². The molecule has 8 nitrogen and oxygen atoms in total. The molecule has 0 amide bonds. The number of aryl methyl sites for hydroxylation is 2. The molecule has 3 atom stereocenters. The second kappa shape index (κ2) is 53.5. The first kappa shape index (κ1) is 101. The molecule has 4 N–H and O–H groups in total. The van der Waals surface area contributed by atoms with Crippen LogP contribution < -0.4 is 26.7 Å². The molecule has 11 heteroatoms. The van der Waals surface area contributed by atoms with E-state index in [9.17, 15) is 0 Å². The molecule has 0 saturated carbocycles. The Morgan fingerprint density at radius 3 is 1.04 bits per heavy atom. The minimum absolute atomic E-state index is 0.331. The topological polar surface area (TPSA) is 85.0 Å². The Labute approximate surface area is 761 Å². The van der Waals surface area contributed by atoms with Crippen molar-refractivity contribution in [2.75, 3.05) is 27.8 Å². The molecular weight excluding hydrogens is 1620 g/mol. The quantitative estimate of drug-likeness (QED) is 0.0222. The molecule has 3 unspecified atom stereocenters. The summed E-state index contributed by atoms with van der Waals surface area (Å²) >= 11 is 7.12. The van der Waals surface area contributed by atoms with Gasteiger partial charge < -0.3 is 40.0 Å². The fraction of sp³-hybridized carbons (Fsp3) is 0.568. The van der Waals surface area contributed by atoms with E-state index < -0.39 is 0 Å². The molecule has 8 aromatic rings. The van der Waals surface area contributed by atoms with Gasteiger partial charge >= 0.3 is 7.12 Å². The Balaban J connectivity index is 0.000000329. The highest BCUT2D eigenvalue weighted by molar-refractivity contribution is 9.11. The van der Waals surface area contributed by atoms with Crippen LogP contribution in [-0.2, 0) is 18.8 Å². The van der Waals surface area contributed by atoms with E-state index in [2.05, 4.69) is 316 Å². The monoisotopic (exact) mass is 1790 g/mol. The first-order valence-corrected chi connectivity index (χ1v) is 50.3. The molecular formula is C111H163BBr2N4O4. The van der Waals surface area contributed by atoms with Gasteiger partial charge in [0.25, 0.3) is 0 Å². The molecule has 2 heterocycles. The zero-order valence-electron chi connectivity index (χ0n) is 79.3. The number of nitrogens with one attached hydrogen (secondary N) is 4. The molecule has 0 aromatic heterocycles. The number of benzene rings is 8. The Morgan fingerprint density at radius 2 is 0.631 bits per heavy atom. The van der Waals surface area contributed by atoms with Crippen molar-refractivity contribution in [1.82, 2.24) is 0 Å². The zero-order valence-corrected chi connectivity index (χ0v) is 82.5. The van der Waals surface area contributed by atoms with Crippen molar-refractivity contribution in [3.63, 3.8) is 0 Å². The van der Waals surface area contributed by atoms with Gasteiger partial charge in [0.05, 0.1) is 22.4 Å². The molecule has 668 valence electrons. The van der Waals surface area contributed by atoms with Crippen molar-refractivity contribution in [3.05, 3.63) is 195 Å². The number of anilines is 4. The van der Waals surface area contributed by atoms with Crippen molar-refractivity contribution < 1.29 is 18.8 Å². The van der Waals surface area contributed by atoms with E-state index in [0.29, 0.717) is 18.1 Å². The lowest BCUT2D eigenvalue weighted by Crippen LogP contribution is -2.41. The van der Waals surface area contributed by atoms with Gasteiger partial charge in [-0.2, -0.15) is 0 Å². The minimum Gasteiger partial charge on any atom is -0.399 e. The van der Waals surface area contributed by atoms with Crippen LogP contribution in [0, 0.1) is 13.8 Å². The highest BCUT2D eigenvalue weighted by atomic mass is 79.9. The first-order chi connectivity index (χ1) is 58.7. The van der Waals surface area contributed by atoms with E-state index in [1.165, 1.54) is 327 Å². The lowest BCUT2D eigenvalue weighted by atomic mass is 9.79. The summed E-state index contributed by atoms with van der Waals surface area (Å²) in [6.45, 7) is 38.0. The molecule has 0 aliphatic carbocycles. The van der Waals surface area contributed by atoms with Crippen LogP contribution in [0.25, 0.3) is 55.6 Å². The van der Waals surface area contributed by atoms with Crippen molar-refractivity contribution in [2.45, 2.75) is 402 Å². The van der Waals surface area contributed by atoms with Gasteiger partial charge in [0, 0.05) is 78.6 Å². The number of rotatable bonds is 52. The van der Waals surface area contributed by atoms with Gasteiger partial charge in [-0.05, 0) is 218 Å². The van der Waals surface area contributed by atoms with Crippen molar-refractivity contribution >= 4 is 67.2 Å². The summed E-state index contributed by atoms with van der Waals surface area (Å²) in [4.78, 5) is 0. The average molecular weight is 1790 g/mol. The van der Waals surface area contributed by atoms with E-state index >= 15 is 0 Å². The Kier molecular flexibility index (Phi) is 44.4. The second-order valence-electron chi connectivity index (χ2n) is 38.1. The normalized spacial score (nSPS) is 15.3. The summed E-state index contributed by atoms with van der Waals surface area (Å²) in [5, 5.41) is 15.5. The number of unbranched alkanes of at least 4 members (excludes halogenated alkanes) is 30. The van der Waals surface area contributed by atoms with Gasteiger partial charge in [-0.15, -0.1) is 0 Å². The molecule has 2 aliphatic heterocycles. The highest BCUT2D eigenvalue weighted by Crippen LogP contribution is 2.46. The fourth-order valence-electron chi connectivity index (χ4n) is 16.6. The maximum Gasteiger partial charge on any atom is 0.494 e. The Bertz CT molecular complexity index is 4150. The summed E-state index contributed by atoms with van der Waals surface area (Å²) in [6, 6.07) is 64.4. The second-order valence-corrected chi connectivity index (χ2v) is 39.9. The summed E-state index contributed by atoms with van der Waals surface area (Å²) in [5.74, 6) is 0. The molecule has 2 fully saturated rings. The van der Waals surface area contributed by atoms with E-state index in [0.717, 1.165) is 26.5 Å². The Morgan fingerprint density at radius 1 is 0.311 bits per heavy atom. The summed E-state index contributed by atoms with van der Waals surface area (Å²) < 4.78 is 26.6. The van der Waals surface area contributed by atoms with Crippen LogP contribution in [0.2, 0.25) is 0 Å². The zero-order chi connectivity index (χ0) is 87.8. The van der Waals surface area contributed by atoms with Gasteiger partial charge in [0.15, 0.2) is 6.29 Å². The summed E-state index contributed by atoms with van der Waals surface area (Å²) in [7, 11) is -0.345. The van der Waals surface area contributed by atoms with Crippen molar-refractivity contribution in [1.29, 1.82) is 0 Å². The molecule has 0 bridgehead atoms. The minimum atomic E-state index is -0.345. The molecule has 0 spiro atoms. The van der Waals surface area contributed by atoms with E-state index in [-0.39, 0.29) is 35.8 Å². The Hall–Kier alpha value is -6.18. The molecule has 10 rings (SSSR count). The maximum absolute atomic E-state index is 6.10. The first-order valence-electron chi connectivity index (χ1n) is 48.7. The molecule has 2 aliphatic rings. The van der Waals surface area contributed by atoms with Crippen LogP contribution in [0.15, 0.2) is 179 Å². The third-order valence-corrected chi connectivity index (χ3v) is 27.3. The summed E-state index contributed by atoms with van der Waals surface area (Å²) in [6.07, 6.45) is 49.5. The van der Waals surface area contributed by atoms with Crippen LogP contribution >= 0.6 is 31.9 Å². The molecule has 2 saturated heterocycles.